The van der Waals surface area contributed by atoms with Gasteiger partial charge in [0.1, 0.15) is 11.3 Å². The second-order valence-corrected chi connectivity index (χ2v) is 8.88. The van der Waals surface area contributed by atoms with E-state index in [-0.39, 0.29) is 0 Å². The Kier molecular flexibility index (Phi) is 4.56. The number of benzene rings is 3. The standard InChI is InChI=1S/C24H23N3O2S/c1-3-15-23(27-21-12-8-7-11-20(21)25-26-27)24(28,17-9-5-4-6-10-17)19-14-13-18(29-2)16-22(19)30-23/h4-14,16,28H,3,15H2,1-2H3. The van der Waals surface area contributed by atoms with Crippen molar-refractivity contribution in [1.29, 1.82) is 0 Å². The van der Waals surface area contributed by atoms with E-state index in [0.717, 1.165) is 39.2 Å². The molecule has 3 aromatic carbocycles. The Balaban J connectivity index is 1.85. The molecule has 2 unspecified atom stereocenters. The van der Waals surface area contributed by atoms with Crippen LogP contribution in [0.15, 0.2) is 77.7 Å². The third-order valence-corrected chi connectivity index (χ3v) is 7.46. The van der Waals surface area contributed by atoms with E-state index in [1.165, 1.54) is 0 Å². The molecule has 0 saturated carbocycles. The quantitative estimate of drug-likeness (QED) is 0.499. The van der Waals surface area contributed by atoms with E-state index in [0.29, 0.717) is 6.42 Å². The van der Waals surface area contributed by atoms with Crippen molar-refractivity contribution in [2.75, 3.05) is 7.11 Å². The number of methoxy groups -OCH3 is 1. The molecule has 1 aliphatic heterocycles. The van der Waals surface area contributed by atoms with E-state index in [2.05, 4.69) is 17.2 Å². The van der Waals surface area contributed by atoms with E-state index >= 15 is 0 Å². The number of ether oxygens (including phenoxy) is 1. The molecule has 0 saturated heterocycles. The molecule has 0 amide bonds. The van der Waals surface area contributed by atoms with Crippen LogP contribution in [0, 0.1) is 0 Å². The van der Waals surface area contributed by atoms with Crippen LogP contribution in [-0.2, 0) is 10.5 Å². The van der Waals surface area contributed by atoms with Crippen molar-refractivity contribution >= 4 is 22.8 Å². The zero-order valence-corrected chi connectivity index (χ0v) is 17.8. The normalized spacial score (nSPS) is 22.9. The highest BCUT2D eigenvalue weighted by atomic mass is 32.2. The van der Waals surface area contributed by atoms with E-state index in [4.69, 9.17) is 4.74 Å². The zero-order valence-electron chi connectivity index (χ0n) is 16.9. The maximum Gasteiger partial charge on any atom is 0.152 e. The third-order valence-electron chi connectivity index (χ3n) is 5.90. The summed E-state index contributed by atoms with van der Waals surface area (Å²) in [7, 11) is 1.66. The number of nitrogens with zero attached hydrogens (tertiary/aromatic N) is 3. The second-order valence-electron chi connectivity index (χ2n) is 7.56. The van der Waals surface area contributed by atoms with Crippen molar-refractivity contribution < 1.29 is 9.84 Å². The SMILES string of the molecule is CCCC1(n2nnc3ccccc32)Sc2cc(OC)ccc2C1(O)c1ccccc1. The first-order chi connectivity index (χ1) is 14.6. The molecule has 1 aliphatic rings. The number of hydrogen-bond donors (Lipinski definition) is 1. The molecule has 2 heterocycles. The lowest BCUT2D eigenvalue weighted by molar-refractivity contribution is -0.00233. The van der Waals surface area contributed by atoms with Gasteiger partial charge in [0.2, 0.25) is 0 Å². The number of para-hydroxylation sites is 1. The van der Waals surface area contributed by atoms with Crippen LogP contribution in [0.4, 0.5) is 0 Å². The Morgan fingerprint density at radius 2 is 1.80 bits per heavy atom. The summed E-state index contributed by atoms with van der Waals surface area (Å²) < 4.78 is 7.40. The predicted molar refractivity (Wildman–Crippen MR) is 119 cm³/mol. The molecule has 0 bridgehead atoms. The first-order valence-electron chi connectivity index (χ1n) is 10.1. The van der Waals surface area contributed by atoms with Gasteiger partial charge in [0.05, 0.1) is 12.6 Å². The molecule has 30 heavy (non-hydrogen) atoms. The van der Waals surface area contributed by atoms with Crippen LogP contribution in [-0.4, -0.2) is 27.2 Å². The van der Waals surface area contributed by atoms with Crippen molar-refractivity contribution in [3.05, 3.63) is 83.9 Å². The molecule has 1 N–H and O–H groups in total. The first kappa shape index (κ1) is 19.2. The van der Waals surface area contributed by atoms with Gasteiger partial charge in [-0.1, -0.05) is 78.9 Å². The average Bonchev–Trinajstić information content (AvgIpc) is 3.33. The average molecular weight is 418 g/mol. The van der Waals surface area contributed by atoms with Gasteiger partial charge in [0, 0.05) is 10.5 Å². The van der Waals surface area contributed by atoms with Gasteiger partial charge in [-0.15, -0.1) is 5.10 Å². The van der Waals surface area contributed by atoms with Gasteiger partial charge in [0.15, 0.2) is 10.5 Å². The summed E-state index contributed by atoms with van der Waals surface area (Å²) in [6.45, 7) is 2.14. The monoisotopic (exact) mass is 417 g/mol. The first-order valence-corrected chi connectivity index (χ1v) is 10.9. The van der Waals surface area contributed by atoms with Crippen molar-refractivity contribution in [3.63, 3.8) is 0 Å². The Morgan fingerprint density at radius 1 is 1.03 bits per heavy atom. The molecule has 0 spiro atoms. The van der Waals surface area contributed by atoms with Gasteiger partial charge in [-0.2, -0.15) is 0 Å². The highest BCUT2D eigenvalue weighted by molar-refractivity contribution is 8.00. The number of thioether (sulfide) groups is 1. The van der Waals surface area contributed by atoms with Gasteiger partial charge in [-0.3, -0.25) is 0 Å². The summed E-state index contributed by atoms with van der Waals surface area (Å²) in [5, 5.41) is 21.6. The summed E-state index contributed by atoms with van der Waals surface area (Å²) in [5.41, 5.74) is 2.15. The number of fused-ring (bicyclic) bond motifs is 2. The Hall–Kier alpha value is -2.83. The van der Waals surface area contributed by atoms with Crippen molar-refractivity contribution in [3.8, 4) is 5.75 Å². The molecule has 5 nitrogen and oxygen atoms in total. The largest absolute Gasteiger partial charge is 0.497 e. The fourth-order valence-electron chi connectivity index (χ4n) is 4.55. The number of aliphatic hydroxyl groups is 1. The zero-order chi connectivity index (χ0) is 20.8. The molecule has 5 rings (SSSR count). The highest BCUT2D eigenvalue weighted by Gasteiger charge is 2.61. The fourth-order valence-corrected chi connectivity index (χ4v) is 6.32. The lowest BCUT2D eigenvalue weighted by atomic mass is 9.78. The molecule has 2 atom stereocenters. The van der Waals surface area contributed by atoms with E-state index in [1.807, 2.05) is 77.5 Å². The molecule has 0 radical (unpaired) electrons. The lowest BCUT2D eigenvalue weighted by Crippen LogP contribution is -2.49. The van der Waals surface area contributed by atoms with Gasteiger partial charge in [0.25, 0.3) is 0 Å². The Labute approximate surface area is 179 Å². The fraction of sp³-hybridized carbons (Fsp3) is 0.250. The summed E-state index contributed by atoms with van der Waals surface area (Å²) >= 11 is 1.64. The van der Waals surface area contributed by atoms with Crippen LogP contribution in [0.2, 0.25) is 0 Å². The molecular formula is C24H23N3O2S. The molecule has 152 valence electrons. The Bertz CT molecular complexity index is 1210. The molecule has 0 fully saturated rings. The van der Waals surface area contributed by atoms with Gasteiger partial charge in [-0.25, -0.2) is 4.68 Å². The lowest BCUT2D eigenvalue weighted by Gasteiger charge is -2.42. The third kappa shape index (κ3) is 2.53. The topological polar surface area (TPSA) is 60.2 Å². The molecule has 6 heteroatoms. The minimum atomic E-state index is -1.28. The van der Waals surface area contributed by atoms with Crippen LogP contribution in [0.25, 0.3) is 11.0 Å². The molecular weight excluding hydrogens is 394 g/mol. The number of hydrogen-bond acceptors (Lipinski definition) is 5. The second kappa shape index (κ2) is 7.15. The maximum atomic E-state index is 12.6. The molecule has 4 aromatic rings. The predicted octanol–water partition coefficient (Wildman–Crippen LogP) is 4.93. The minimum Gasteiger partial charge on any atom is -0.497 e. The summed E-state index contributed by atoms with van der Waals surface area (Å²) in [4.78, 5) is 0.210. The van der Waals surface area contributed by atoms with E-state index in [9.17, 15) is 5.11 Å². The van der Waals surface area contributed by atoms with E-state index in [1.54, 1.807) is 18.9 Å². The summed E-state index contributed by atoms with van der Waals surface area (Å²) in [5.74, 6) is 0.771. The van der Waals surface area contributed by atoms with Crippen LogP contribution < -0.4 is 4.74 Å². The van der Waals surface area contributed by atoms with Crippen molar-refractivity contribution in [2.45, 2.75) is 35.1 Å². The van der Waals surface area contributed by atoms with Crippen molar-refractivity contribution in [1.82, 2.24) is 15.0 Å². The van der Waals surface area contributed by atoms with Crippen LogP contribution >= 0.6 is 11.8 Å². The van der Waals surface area contributed by atoms with Gasteiger partial charge < -0.3 is 9.84 Å². The van der Waals surface area contributed by atoms with Gasteiger partial charge in [-0.05, 0) is 36.2 Å². The summed E-state index contributed by atoms with van der Waals surface area (Å²) in [6, 6.07) is 23.7. The smallest absolute Gasteiger partial charge is 0.152 e. The molecule has 0 aliphatic carbocycles. The van der Waals surface area contributed by atoms with Gasteiger partial charge >= 0.3 is 0 Å². The van der Waals surface area contributed by atoms with Crippen LogP contribution in [0.3, 0.4) is 0 Å². The van der Waals surface area contributed by atoms with E-state index < -0.39 is 10.5 Å². The minimum absolute atomic E-state index is 0.716. The van der Waals surface area contributed by atoms with Crippen molar-refractivity contribution in [2.24, 2.45) is 0 Å². The highest BCUT2D eigenvalue weighted by Crippen LogP contribution is 2.63. The van der Waals surface area contributed by atoms with Crippen LogP contribution in [0.1, 0.15) is 30.9 Å². The van der Waals surface area contributed by atoms with Crippen LogP contribution in [0.5, 0.6) is 5.75 Å². The molecule has 1 aromatic heterocycles. The maximum absolute atomic E-state index is 12.6. The number of rotatable bonds is 5. The number of aromatic nitrogens is 3. The Morgan fingerprint density at radius 3 is 2.57 bits per heavy atom. The summed E-state index contributed by atoms with van der Waals surface area (Å²) in [6.07, 6.45) is 1.59.